The number of carbonyl (C=O) groups excluding carboxylic acids is 1. The molecular weight excluding hydrogens is 410 g/mol. The molecule has 9 heteroatoms. The van der Waals surface area contributed by atoms with E-state index in [2.05, 4.69) is 16.0 Å². The van der Waals surface area contributed by atoms with Crippen LogP contribution >= 0.6 is 12.2 Å². The number of thiocarbonyl (C=S) groups is 1. The van der Waals surface area contributed by atoms with E-state index in [0.717, 1.165) is 5.56 Å². The minimum absolute atomic E-state index is 0.121. The van der Waals surface area contributed by atoms with E-state index in [0.29, 0.717) is 22.1 Å². The van der Waals surface area contributed by atoms with Crippen LogP contribution in [0, 0.1) is 0 Å². The van der Waals surface area contributed by atoms with Crippen LogP contribution in [-0.2, 0) is 14.9 Å². The van der Waals surface area contributed by atoms with Crippen LogP contribution in [0.5, 0.6) is 0 Å². The summed E-state index contributed by atoms with van der Waals surface area (Å²) in [6.45, 7) is 5.27. The molecular formula is C20H23N3O4S2. The Bertz CT molecular complexity index is 1030. The van der Waals surface area contributed by atoms with E-state index in [-0.39, 0.29) is 16.8 Å². The van der Waals surface area contributed by atoms with Crippen LogP contribution in [0.1, 0.15) is 31.9 Å². The highest BCUT2D eigenvalue weighted by Crippen LogP contribution is 2.23. The van der Waals surface area contributed by atoms with Crippen LogP contribution in [0.4, 0.5) is 11.4 Å². The van der Waals surface area contributed by atoms with Gasteiger partial charge >= 0.3 is 0 Å². The number of rotatable bonds is 6. The molecule has 2 aromatic rings. The van der Waals surface area contributed by atoms with Crippen molar-refractivity contribution in [2.75, 3.05) is 10.6 Å². The van der Waals surface area contributed by atoms with Crippen molar-refractivity contribution in [1.82, 2.24) is 5.32 Å². The highest BCUT2D eigenvalue weighted by Gasteiger charge is 2.15. The first-order chi connectivity index (χ1) is 13.5. The molecule has 7 nitrogen and oxygen atoms in total. The first-order valence-corrected chi connectivity index (χ1v) is 10.6. The minimum Gasteiger partial charge on any atom is -0.360 e. The molecule has 4 N–H and O–H groups in total. The van der Waals surface area contributed by atoms with Gasteiger partial charge in [-0.3, -0.25) is 9.35 Å². The Labute approximate surface area is 176 Å². The smallest absolute Gasteiger partial charge is 0.295 e. The normalized spacial score (nSPS) is 11.5. The predicted molar refractivity (Wildman–Crippen MR) is 120 cm³/mol. The molecule has 0 aliphatic carbocycles. The molecule has 0 saturated carbocycles. The number of amides is 1. The van der Waals surface area contributed by atoms with Gasteiger partial charge in [-0.1, -0.05) is 30.4 Å². The molecule has 0 atom stereocenters. The topological polar surface area (TPSA) is 108 Å². The molecule has 0 fully saturated rings. The summed E-state index contributed by atoms with van der Waals surface area (Å²) in [5.74, 6) is -0.164. The molecule has 2 rings (SSSR count). The van der Waals surface area contributed by atoms with E-state index >= 15 is 0 Å². The number of hydrogen-bond acceptors (Lipinski definition) is 4. The van der Waals surface area contributed by atoms with Gasteiger partial charge in [0.1, 0.15) is 4.90 Å². The predicted octanol–water partition coefficient (Wildman–Crippen LogP) is 3.76. The summed E-state index contributed by atoms with van der Waals surface area (Å²) in [4.78, 5) is 10.8. The lowest BCUT2D eigenvalue weighted by Gasteiger charge is -2.14. The van der Waals surface area contributed by atoms with Crippen LogP contribution in [0.25, 0.3) is 12.2 Å². The molecule has 0 aliphatic rings. The van der Waals surface area contributed by atoms with Gasteiger partial charge in [-0.15, -0.1) is 0 Å². The third kappa shape index (κ3) is 7.30. The largest absolute Gasteiger partial charge is 0.360 e. The van der Waals surface area contributed by atoms with Crippen molar-refractivity contribution in [3.63, 3.8) is 0 Å². The highest BCUT2D eigenvalue weighted by atomic mass is 32.2. The lowest BCUT2D eigenvalue weighted by Crippen LogP contribution is -2.33. The quantitative estimate of drug-likeness (QED) is 0.312. The lowest BCUT2D eigenvalue weighted by molar-refractivity contribution is -0.114. The fraction of sp³-hybridized carbons (Fsp3) is 0.200. The first-order valence-electron chi connectivity index (χ1n) is 8.79. The Kier molecular flexibility index (Phi) is 7.49. The van der Waals surface area contributed by atoms with Gasteiger partial charge < -0.3 is 16.0 Å². The zero-order chi connectivity index (χ0) is 21.6. The van der Waals surface area contributed by atoms with Gasteiger partial charge in [0.05, 0.1) is 0 Å². The molecule has 29 heavy (non-hydrogen) atoms. The fourth-order valence-corrected chi connectivity index (χ4v) is 3.53. The second kappa shape index (κ2) is 9.64. The van der Waals surface area contributed by atoms with Crippen molar-refractivity contribution < 1.29 is 17.8 Å². The summed E-state index contributed by atoms with van der Waals surface area (Å²) >= 11 is 5.16. The molecule has 1 amide bonds. The second-order valence-corrected chi connectivity index (χ2v) is 8.42. The summed E-state index contributed by atoms with van der Waals surface area (Å²) in [5, 5.41) is 8.91. The Morgan fingerprint density at radius 2 is 1.66 bits per heavy atom. The summed E-state index contributed by atoms with van der Waals surface area (Å²) in [7, 11) is -4.44. The summed E-state index contributed by atoms with van der Waals surface area (Å²) in [6.07, 6.45) is 3.30. The number of anilines is 2. The molecule has 0 unspecified atom stereocenters. The highest BCUT2D eigenvalue weighted by molar-refractivity contribution is 7.86. The summed E-state index contributed by atoms with van der Waals surface area (Å²) < 4.78 is 33.3. The van der Waals surface area contributed by atoms with E-state index in [1.165, 1.54) is 13.0 Å². The van der Waals surface area contributed by atoms with Crippen molar-refractivity contribution in [3.05, 3.63) is 53.6 Å². The van der Waals surface area contributed by atoms with Crippen LogP contribution in [-0.4, -0.2) is 30.0 Å². The number of benzene rings is 2. The van der Waals surface area contributed by atoms with Gasteiger partial charge in [0.15, 0.2) is 5.11 Å². The van der Waals surface area contributed by atoms with Crippen LogP contribution in [0.2, 0.25) is 0 Å². The third-order valence-electron chi connectivity index (χ3n) is 3.66. The van der Waals surface area contributed by atoms with Crippen molar-refractivity contribution >= 4 is 56.9 Å². The average Bonchev–Trinajstić information content (AvgIpc) is 2.59. The van der Waals surface area contributed by atoms with Crippen LogP contribution < -0.4 is 16.0 Å². The van der Waals surface area contributed by atoms with Gasteiger partial charge in [0.2, 0.25) is 5.91 Å². The summed E-state index contributed by atoms with van der Waals surface area (Å²) in [6, 6.07) is 11.7. The van der Waals surface area contributed by atoms with Crippen molar-refractivity contribution in [2.45, 2.75) is 31.7 Å². The van der Waals surface area contributed by atoms with E-state index in [1.807, 2.05) is 13.8 Å². The Morgan fingerprint density at radius 3 is 2.21 bits per heavy atom. The van der Waals surface area contributed by atoms with E-state index < -0.39 is 10.1 Å². The fourth-order valence-electron chi connectivity index (χ4n) is 2.47. The van der Waals surface area contributed by atoms with Crippen molar-refractivity contribution in [3.8, 4) is 0 Å². The SMILES string of the molecule is CC(=O)Nc1ccc(C=Cc2ccc(NC(=S)NC(C)C)cc2S(=O)(=O)O)cc1. The van der Waals surface area contributed by atoms with Gasteiger partial charge in [0, 0.05) is 24.3 Å². The van der Waals surface area contributed by atoms with Crippen LogP contribution in [0.15, 0.2) is 47.4 Å². The standard InChI is InChI=1S/C20H23N3O4S2/c1-13(2)21-20(28)23-18-11-8-16(19(12-18)29(25,26)27)7-4-15-5-9-17(10-6-15)22-14(3)24/h4-13H,1-3H3,(H,22,24)(H2,21,23,28)(H,25,26,27). The van der Waals surface area contributed by atoms with E-state index in [9.17, 15) is 17.8 Å². The minimum atomic E-state index is -4.44. The number of hydrogen-bond donors (Lipinski definition) is 4. The monoisotopic (exact) mass is 433 g/mol. The molecule has 0 heterocycles. The second-order valence-electron chi connectivity index (χ2n) is 6.62. The lowest BCUT2D eigenvalue weighted by atomic mass is 10.1. The average molecular weight is 434 g/mol. The van der Waals surface area contributed by atoms with Gasteiger partial charge in [-0.2, -0.15) is 8.42 Å². The molecule has 154 valence electrons. The molecule has 0 spiro atoms. The first kappa shape index (κ1) is 22.5. The third-order valence-corrected chi connectivity index (χ3v) is 4.78. The Hall–Kier alpha value is -2.75. The molecule has 0 saturated heterocycles. The number of nitrogens with one attached hydrogen (secondary N) is 3. The maximum Gasteiger partial charge on any atom is 0.295 e. The molecule has 0 bridgehead atoms. The Morgan fingerprint density at radius 1 is 1.03 bits per heavy atom. The maximum absolute atomic E-state index is 11.8. The van der Waals surface area contributed by atoms with E-state index in [4.69, 9.17) is 12.2 Å². The van der Waals surface area contributed by atoms with Crippen molar-refractivity contribution in [1.29, 1.82) is 0 Å². The van der Waals surface area contributed by atoms with E-state index in [1.54, 1.807) is 48.6 Å². The van der Waals surface area contributed by atoms with Crippen molar-refractivity contribution in [2.24, 2.45) is 0 Å². The Balaban J connectivity index is 2.26. The zero-order valence-corrected chi connectivity index (χ0v) is 17.9. The molecule has 0 aliphatic heterocycles. The van der Waals surface area contributed by atoms with Crippen LogP contribution in [0.3, 0.4) is 0 Å². The van der Waals surface area contributed by atoms with Gasteiger partial charge in [-0.05, 0) is 61.5 Å². The summed E-state index contributed by atoms with van der Waals surface area (Å²) in [5.41, 5.74) is 2.22. The zero-order valence-electron chi connectivity index (χ0n) is 16.3. The molecule has 0 radical (unpaired) electrons. The van der Waals surface area contributed by atoms with Gasteiger partial charge in [0.25, 0.3) is 10.1 Å². The maximum atomic E-state index is 11.8. The molecule has 2 aromatic carbocycles. The molecule has 0 aromatic heterocycles. The number of carbonyl (C=O) groups is 1. The van der Waals surface area contributed by atoms with Gasteiger partial charge in [-0.25, -0.2) is 0 Å².